The Hall–Kier alpha value is -2.36. The summed E-state index contributed by atoms with van der Waals surface area (Å²) in [5.41, 5.74) is 2.23. The molecule has 1 heterocycles. The largest absolute Gasteiger partial charge is 0.333 e. The Morgan fingerprint density at radius 1 is 1.40 bits per heavy atom. The van der Waals surface area contributed by atoms with Gasteiger partial charge in [-0.1, -0.05) is 50.3 Å². The molecule has 0 aliphatic heterocycles. The third kappa shape index (κ3) is 3.82. The van der Waals surface area contributed by atoms with Crippen molar-refractivity contribution in [3.63, 3.8) is 0 Å². The molecule has 104 valence electrons. The van der Waals surface area contributed by atoms with E-state index in [1.807, 2.05) is 18.2 Å². The fraction of sp³-hybridized carbons (Fsp3) is 0.250. The van der Waals surface area contributed by atoms with Crippen molar-refractivity contribution in [3.8, 4) is 0 Å². The van der Waals surface area contributed by atoms with Crippen molar-refractivity contribution in [1.82, 2.24) is 14.9 Å². The van der Waals surface area contributed by atoms with Crippen molar-refractivity contribution in [2.24, 2.45) is 5.92 Å². The molecule has 0 bridgehead atoms. The Balaban J connectivity index is 2.04. The van der Waals surface area contributed by atoms with Crippen LogP contribution in [0, 0.1) is 5.92 Å². The van der Waals surface area contributed by atoms with E-state index in [0.717, 1.165) is 11.1 Å². The lowest BCUT2D eigenvalue weighted by Gasteiger charge is -2.08. The zero-order chi connectivity index (χ0) is 14.4. The molecule has 0 saturated heterocycles. The SMILES string of the molecule is CC(C)C=Cc1ccccc1CNC(=O)n1ccnc1. The van der Waals surface area contributed by atoms with Gasteiger partial charge in [0.05, 0.1) is 0 Å². The molecule has 0 spiro atoms. The fourth-order valence-electron chi connectivity index (χ4n) is 1.80. The van der Waals surface area contributed by atoms with E-state index in [9.17, 15) is 4.79 Å². The Bertz CT molecular complexity index is 586. The predicted octanol–water partition coefficient (Wildman–Crippen LogP) is 3.31. The van der Waals surface area contributed by atoms with Crippen LogP contribution in [0.3, 0.4) is 0 Å². The lowest BCUT2D eigenvalue weighted by atomic mass is 10.1. The number of rotatable bonds is 4. The van der Waals surface area contributed by atoms with Crippen molar-refractivity contribution < 1.29 is 4.79 Å². The molecule has 4 heteroatoms. The van der Waals surface area contributed by atoms with Gasteiger partial charge in [0.1, 0.15) is 6.33 Å². The van der Waals surface area contributed by atoms with Crippen molar-refractivity contribution in [1.29, 1.82) is 0 Å². The zero-order valence-electron chi connectivity index (χ0n) is 11.8. The Morgan fingerprint density at radius 3 is 2.90 bits per heavy atom. The fourth-order valence-corrected chi connectivity index (χ4v) is 1.80. The number of carbonyl (C=O) groups excluding carboxylic acids is 1. The molecule has 0 radical (unpaired) electrons. The van der Waals surface area contributed by atoms with Crippen LogP contribution in [-0.2, 0) is 6.54 Å². The van der Waals surface area contributed by atoms with E-state index < -0.39 is 0 Å². The predicted molar refractivity (Wildman–Crippen MR) is 80.2 cm³/mol. The zero-order valence-corrected chi connectivity index (χ0v) is 11.8. The van der Waals surface area contributed by atoms with Gasteiger partial charge in [-0.25, -0.2) is 9.78 Å². The summed E-state index contributed by atoms with van der Waals surface area (Å²) in [6.45, 7) is 4.77. The topological polar surface area (TPSA) is 46.9 Å². The molecular formula is C16H19N3O. The first-order valence-electron chi connectivity index (χ1n) is 6.69. The first-order chi connectivity index (χ1) is 9.66. The van der Waals surface area contributed by atoms with Gasteiger partial charge >= 0.3 is 6.03 Å². The van der Waals surface area contributed by atoms with Crippen LogP contribution >= 0.6 is 0 Å². The van der Waals surface area contributed by atoms with Crippen molar-refractivity contribution in [2.75, 3.05) is 0 Å². The second kappa shape index (κ2) is 6.70. The monoisotopic (exact) mass is 269 g/mol. The molecule has 1 aromatic carbocycles. The van der Waals surface area contributed by atoms with E-state index in [1.165, 1.54) is 10.9 Å². The van der Waals surface area contributed by atoms with Gasteiger partial charge in [0, 0.05) is 18.9 Å². The molecule has 2 rings (SSSR count). The van der Waals surface area contributed by atoms with Gasteiger partial charge in [-0.3, -0.25) is 4.57 Å². The van der Waals surface area contributed by atoms with Crippen molar-refractivity contribution in [2.45, 2.75) is 20.4 Å². The molecular weight excluding hydrogens is 250 g/mol. The quantitative estimate of drug-likeness (QED) is 0.925. The molecule has 0 atom stereocenters. The van der Waals surface area contributed by atoms with E-state index in [2.05, 4.69) is 42.4 Å². The van der Waals surface area contributed by atoms with Crippen molar-refractivity contribution in [3.05, 3.63) is 60.2 Å². The molecule has 0 aliphatic carbocycles. The van der Waals surface area contributed by atoms with E-state index in [-0.39, 0.29) is 6.03 Å². The van der Waals surface area contributed by atoms with E-state index in [1.54, 1.807) is 12.4 Å². The summed E-state index contributed by atoms with van der Waals surface area (Å²) in [5.74, 6) is 0.503. The second-order valence-electron chi connectivity index (χ2n) is 4.93. The molecule has 1 amide bonds. The minimum atomic E-state index is -0.176. The van der Waals surface area contributed by atoms with Crippen LogP contribution in [0.2, 0.25) is 0 Å². The van der Waals surface area contributed by atoms with Crippen LogP contribution in [0.5, 0.6) is 0 Å². The van der Waals surface area contributed by atoms with Gasteiger partial charge < -0.3 is 5.32 Å². The highest BCUT2D eigenvalue weighted by atomic mass is 16.2. The van der Waals surface area contributed by atoms with Gasteiger partial charge in [0.15, 0.2) is 0 Å². The number of benzene rings is 1. The van der Waals surface area contributed by atoms with E-state index in [4.69, 9.17) is 0 Å². The first-order valence-corrected chi connectivity index (χ1v) is 6.69. The molecule has 2 aromatic rings. The molecule has 1 N–H and O–H groups in total. The summed E-state index contributed by atoms with van der Waals surface area (Å²) in [6.07, 6.45) is 8.94. The molecule has 0 aliphatic rings. The van der Waals surface area contributed by atoms with Crippen LogP contribution in [-0.4, -0.2) is 15.6 Å². The van der Waals surface area contributed by atoms with Crippen LogP contribution in [0.25, 0.3) is 6.08 Å². The molecule has 20 heavy (non-hydrogen) atoms. The minimum absolute atomic E-state index is 0.176. The Labute approximate surface area is 119 Å². The summed E-state index contributed by atoms with van der Waals surface area (Å²) in [4.78, 5) is 15.7. The second-order valence-corrected chi connectivity index (χ2v) is 4.93. The van der Waals surface area contributed by atoms with Crippen LogP contribution in [0.15, 0.2) is 49.1 Å². The number of nitrogens with zero attached hydrogens (tertiary/aromatic N) is 2. The Kier molecular flexibility index (Phi) is 4.71. The standard InChI is InChI=1S/C16H19N3O/c1-13(2)7-8-14-5-3-4-6-15(14)11-18-16(20)19-10-9-17-12-19/h3-10,12-13H,11H2,1-2H3,(H,18,20). The van der Waals surface area contributed by atoms with Gasteiger partial charge in [-0.15, -0.1) is 0 Å². The van der Waals surface area contributed by atoms with Gasteiger partial charge in [-0.05, 0) is 17.0 Å². The number of allylic oxidation sites excluding steroid dienone is 1. The number of aromatic nitrogens is 2. The lowest BCUT2D eigenvalue weighted by molar-refractivity contribution is 0.242. The third-order valence-electron chi connectivity index (χ3n) is 2.88. The number of amides is 1. The van der Waals surface area contributed by atoms with E-state index in [0.29, 0.717) is 12.5 Å². The average molecular weight is 269 g/mol. The maximum atomic E-state index is 11.9. The van der Waals surface area contributed by atoms with Crippen molar-refractivity contribution >= 4 is 12.1 Å². The molecule has 1 aromatic heterocycles. The number of hydrogen-bond donors (Lipinski definition) is 1. The number of hydrogen-bond acceptors (Lipinski definition) is 2. The molecule has 4 nitrogen and oxygen atoms in total. The maximum Gasteiger partial charge on any atom is 0.327 e. The van der Waals surface area contributed by atoms with E-state index >= 15 is 0 Å². The lowest BCUT2D eigenvalue weighted by Crippen LogP contribution is -2.27. The summed E-state index contributed by atoms with van der Waals surface area (Å²) in [6, 6.07) is 7.88. The van der Waals surface area contributed by atoms with Crippen LogP contribution in [0.4, 0.5) is 4.79 Å². The molecule has 0 fully saturated rings. The van der Waals surface area contributed by atoms with Crippen LogP contribution < -0.4 is 5.32 Å². The average Bonchev–Trinajstić information content (AvgIpc) is 2.97. The number of imidazole rings is 1. The highest BCUT2D eigenvalue weighted by molar-refractivity contribution is 5.76. The third-order valence-corrected chi connectivity index (χ3v) is 2.88. The summed E-state index contributed by atoms with van der Waals surface area (Å²) in [7, 11) is 0. The summed E-state index contributed by atoms with van der Waals surface area (Å²) < 4.78 is 1.42. The number of carbonyl (C=O) groups is 1. The maximum absolute atomic E-state index is 11.9. The van der Waals surface area contributed by atoms with Gasteiger partial charge in [0.25, 0.3) is 0 Å². The van der Waals surface area contributed by atoms with Crippen LogP contribution in [0.1, 0.15) is 25.0 Å². The highest BCUT2D eigenvalue weighted by Crippen LogP contribution is 2.12. The summed E-state index contributed by atoms with van der Waals surface area (Å²) >= 11 is 0. The van der Waals surface area contributed by atoms with Gasteiger partial charge in [-0.2, -0.15) is 0 Å². The highest BCUT2D eigenvalue weighted by Gasteiger charge is 2.04. The Morgan fingerprint density at radius 2 is 2.20 bits per heavy atom. The first kappa shape index (κ1) is 14.1. The summed E-state index contributed by atoms with van der Waals surface area (Å²) in [5, 5.41) is 2.88. The molecule has 0 unspecified atom stereocenters. The molecule has 0 saturated carbocycles. The van der Waals surface area contributed by atoms with Gasteiger partial charge in [0.2, 0.25) is 0 Å². The minimum Gasteiger partial charge on any atom is -0.333 e. The normalized spacial score (nSPS) is 11.2. The smallest absolute Gasteiger partial charge is 0.327 e. The number of nitrogens with one attached hydrogen (secondary N) is 1.